The van der Waals surface area contributed by atoms with E-state index in [2.05, 4.69) is 23.6 Å². The second kappa shape index (κ2) is 14.2. The first-order valence-electron chi connectivity index (χ1n) is 14.7. The molecule has 1 aliphatic carbocycles. The number of carbonyl (C=O) groups is 1. The molecule has 0 unspecified atom stereocenters. The van der Waals surface area contributed by atoms with E-state index in [-0.39, 0.29) is 18.7 Å². The van der Waals surface area contributed by atoms with Gasteiger partial charge in [0.2, 0.25) is 10.0 Å². The van der Waals surface area contributed by atoms with Gasteiger partial charge >= 0.3 is 0 Å². The molecule has 1 saturated heterocycles. The van der Waals surface area contributed by atoms with Gasteiger partial charge in [0, 0.05) is 39.0 Å². The summed E-state index contributed by atoms with van der Waals surface area (Å²) in [5.74, 6) is 2.09. The van der Waals surface area contributed by atoms with Crippen molar-refractivity contribution in [2.75, 3.05) is 53.4 Å². The number of hydrogen-bond donors (Lipinski definition) is 0. The van der Waals surface area contributed by atoms with Gasteiger partial charge in [-0.2, -0.15) is 0 Å². The Morgan fingerprint density at radius 3 is 2.08 bits per heavy atom. The Hall–Kier alpha value is -1.48. The molecule has 216 valence electrons. The molecule has 38 heavy (non-hydrogen) atoms. The summed E-state index contributed by atoms with van der Waals surface area (Å²) >= 11 is 0. The number of ketones is 1. The predicted molar refractivity (Wildman–Crippen MR) is 154 cm³/mol. The minimum absolute atomic E-state index is 0.172. The number of aryl methyl sites for hydroxylation is 2. The van der Waals surface area contributed by atoms with E-state index in [1.807, 2.05) is 0 Å². The average molecular weight is 550 g/mol. The Morgan fingerprint density at radius 2 is 1.55 bits per heavy atom. The Balaban J connectivity index is 1.41. The van der Waals surface area contributed by atoms with E-state index in [4.69, 9.17) is 4.74 Å². The third-order valence-electron chi connectivity index (χ3n) is 8.95. The highest BCUT2D eigenvalue weighted by molar-refractivity contribution is 7.89. The summed E-state index contributed by atoms with van der Waals surface area (Å²) < 4.78 is 33.1. The lowest BCUT2D eigenvalue weighted by atomic mass is 9.83. The van der Waals surface area contributed by atoms with Crippen molar-refractivity contribution in [3.8, 4) is 5.75 Å². The number of likely N-dealkylation sites (tertiary alicyclic amines) is 1. The molecule has 0 amide bonds. The molecule has 3 rings (SSSR count). The zero-order chi connectivity index (χ0) is 27.9. The predicted octanol–water partition coefficient (Wildman–Crippen LogP) is 4.89. The van der Waals surface area contributed by atoms with E-state index >= 15 is 0 Å². The largest absolute Gasteiger partial charge is 0.497 e. The van der Waals surface area contributed by atoms with Crippen molar-refractivity contribution >= 4 is 15.8 Å². The molecule has 1 heterocycles. The first kappa shape index (κ1) is 31.1. The standard InChI is InChI=1S/C30H51N3O4S/c1-7-32(8-2)22-26-9-11-27(12-10-26)33-17-13-25(14-18-33)21-28(34)15-16-31(5)38(35,36)30-23(3)19-29(37-6)20-24(30)4/h19-20,25-27H,7-18,21-22H2,1-6H3. The van der Waals surface area contributed by atoms with E-state index in [9.17, 15) is 13.2 Å². The summed E-state index contributed by atoms with van der Waals surface area (Å²) in [6.07, 6.45) is 8.27. The zero-order valence-electron chi connectivity index (χ0n) is 24.7. The summed E-state index contributed by atoms with van der Waals surface area (Å²) in [4.78, 5) is 18.3. The first-order valence-corrected chi connectivity index (χ1v) is 16.1. The molecule has 0 aromatic heterocycles. The normalized spacial score (nSPS) is 21.8. The van der Waals surface area contributed by atoms with E-state index < -0.39 is 10.0 Å². The highest BCUT2D eigenvalue weighted by atomic mass is 32.2. The lowest BCUT2D eigenvalue weighted by molar-refractivity contribution is -0.120. The third-order valence-corrected chi connectivity index (χ3v) is 11.1. The molecule has 0 N–H and O–H groups in total. The van der Waals surface area contributed by atoms with Crippen LogP contribution in [0.1, 0.15) is 76.3 Å². The Kier molecular flexibility index (Phi) is 11.6. The van der Waals surface area contributed by atoms with Crippen LogP contribution >= 0.6 is 0 Å². The van der Waals surface area contributed by atoms with E-state index in [1.54, 1.807) is 40.1 Å². The molecular weight excluding hydrogens is 498 g/mol. The number of benzene rings is 1. The molecule has 1 aromatic rings. The van der Waals surface area contributed by atoms with Gasteiger partial charge in [0.25, 0.3) is 0 Å². The van der Waals surface area contributed by atoms with Crippen molar-refractivity contribution in [3.05, 3.63) is 23.3 Å². The number of ether oxygens (including phenoxy) is 1. The Bertz CT molecular complexity index is 985. The fourth-order valence-electron chi connectivity index (χ4n) is 6.48. The molecule has 7 nitrogen and oxygen atoms in total. The monoisotopic (exact) mass is 549 g/mol. The van der Waals surface area contributed by atoms with Gasteiger partial charge < -0.3 is 14.5 Å². The molecule has 2 fully saturated rings. The highest BCUT2D eigenvalue weighted by Gasteiger charge is 2.31. The van der Waals surface area contributed by atoms with Gasteiger partial charge in [-0.25, -0.2) is 12.7 Å². The van der Waals surface area contributed by atoms with Gasteiger partial charge in [0.1, 0.15) is 11.5 Å². The first-order chi connectivity index (χ1) is 18.1. The van der Waals surface area contributed by atoms with Gasteiger partial charge in [-0.1, -0.05) is 13.8 Å². The van der Waals surface area contributed by atoms with Crippen LogP contribution < -0.4 is 4.74 Å². The SMILES string of the molecule is CCN(CC)CC1CCC(N2CCC(CC(=O)CCN(C)S(=O)(=O)c3c(C)cc(OC)cc3C)CC2)CC1. The number of hydrogen-bond acceptors (Lipinski definition) is 6. The fraction of sp³-hybridized carbons (Fsp3) is 0.767. The van der Waals surface area contributed by atoms with Crippen LogP contribution in [0, 0.1) is 25.7 Å². The Morgan fingerprint density at radius 1 is 0.974 bits per heavy atom. The van der Waals surface area contributed by atoms with E-state index in [1.165, 1.54) is 36.5 Å². The molecule has 0 bridgehead atoms. The van der Waals surface area contributed by atoms with Crippen molar-refractivity contribution in [1.82, 2.24) is 14.1 Å². The zero-order valence-corrected chi connectivity index (χ0v) is 25.5. The minimum atomic E-state index is -3.67. The second-order valence-electron chi connectivity index (χ2n) is 11.5. The molecule has 0 spiro atoms. The highest BCUT2D eigenvalue weighted by Crippen LogP contribution is 2.32. The van der Waals surface area contributed by atoms with Crippen LogP contribution in [0.5, 0.6) is 5.75 Å². The number of methoxy groups -OCH3 is 1. The van der Waals surface area contributed by atoms with Crippen LogP contribution in [0.4, 0.5) is 0 Å². The van der Waals surface area contributed by atoms with Gasteiger partial charge in [0.05, 0.1) is 12.0 Å². The number of rotatable bonds is 13. The topological polar surface area (TPSA) is 70.2 Å². The molecule has 1 aromatic carbocycles. The van der Waals surface area contributed by atoms with Crippen molar-refractivity contribution < 1.29 is 17.9 Å². The molecule has 8 heteroatoms. The number of nitrogens with zero attached hydrogens (tertiary/aromatic N) is 3. The van der Waals surface area contributed by atoms with Crippen LogP contribution in [0.3, 0.4) is 0 Å². The summed E-state index contributed by atoms with van der Waals surface area (Å²) in [7, 11) is -0.528. The fourth-order valence-corrected chi connectivity index (χ4v) is 8.05. The van der Waals surface area contributed by atoms with Crippen LogP contribution in [0.15, 0.2) is 17.0 Å². The van der Waals surface area contributed by atoms with Crippen molar-refractivity contribution in [1.29, 1.82) is 0 Å². The molecule has 1 saturated carbocycles. The Labute approximate surface area is 231 Å². The summed E-state index contributed by atoms with van der Waals surface area (Å²) in [5, 5.41) is 0. The molecule has 1 aliphatic heterocycles. The summed E-state index contributed by atoms with van der Waals surface area (Å²) in [6, 6.07) is 4.19. The van der Waals surface area contributed by atoms with Crippen LogP contribution in [-0.2, 0) is 14.8 Å². The maximum absolute atomic E-state index is 13.2. The number of Topliss-reactive ketones (excluding diaryl/α,β-unsaturated/α-hetero) is 1. The van der Waals surface area contributed by atoms with Crippen LogP contribution in [0.2, 0.25) is 0 Å². The summed E-state index contributed by atoms with van der Waals surface area (Å²) in [6.45, 7) is 14.0. The lowest BCUT2D eigenvalue weighted by Crippen LogP contribution is -2.44. The van der Waals surface area contributed by atoms with Crippen molar-refractivity contribution in [2.24, 2.45) is 11.8 Å². The van der Waals surface area contributed by atoms with Crippen LogP contribution in [0.25, 0.3) is 0 Å². The van der Waals surface area contributed by atoms with Crippen molar-refractivity contribution in [3.63, 3.8) is 0 Å². The van der Waals surface area contributed by atoms with Gasteiger partial charge in [-0.15, -0.1) is 0 Å². The number of carbonyl (C=O) groups excluding carboxylic acids is 1. The molecule has 0 atom stereocenters. The maximum atomic E-state index is 13.2. The van der Waals surface area contributed by atoms with Gasteiger partial charge in [0.15, 0.2) is 0 Å². The minimum Gasteiger partial charge on any atom is -0.497 e. The maximum Gasteiger partial charge on any atom is 0.243 e. The molecular formula is C30H51N3O4S. The molecule has 2 aliphatic rings. The number of sulfonamides is 1. The summed E-state index contributed by atoms with van der Waals surface area (Å²) in [5.41, 5.74) is 1.31. The smallest absolute Gasteiger partial charge is 0.243 e. The van der Waals surface area contributed by atoms with Gasteiger partial charge in [-0.3, -0.25) is 4.79 Å². The quantitative estimate of drug-likeness (QED) is 0.349. The van der Waals surface area contributed by atoms with E-state index in [0.717, 1.165) is 44.9 Å². The van der Waals surface area contributed by atoms with Crippen molar-refractivity contribution in [2.45, 2.75) is 90.0 Å². The lowest BCUT2D eigenvalue weighted by Gasteiger charge is -2.41. The van der Waals surface area contributed by atoms with Crippen LogP contribution in [-0.4, -0.2) is 87.8 Å². The second-order valence-corrected chi connectivity index (χ2v) is 13.5. The van der Waals surface area contributed by atoms with Gasteiger partial charge in [-0.05, 0) is 114 Å². The number of piperidine rings is 1. The third kappa shape index (κ3) is 8.03. The molecule has 0 radical (unpaired) electrons. The average Bonchev–Trinajstić information content (AvgIpc) is 2.90. The van der Waals surface area contributed by atoms with E-state index in [0.29, 0.717) is 40.2 Å².